The number of benzene rings is 2. The lowest BCUT2D eigenvalue weighted by Gasteiger charge is -2.07. The topological polar surface area (TPSA) is 32.3 Å². The van der Waals surface area contributed by atoms with Crippen LogP contribution in [0.3, 0.4) is 0 Å². The Balaban J connectivity index is 1.83. The summed E-state index contributed by atoms with van der Waals surface area (Å²) in [6.07, 6.45) is 0. The van der Waals surface area contributed by atoms with Gasteiger partial charge in [0.15, 0.2) is 0 Å². The highest BCUT2D eigenvalue weighted by molar-refractivity contribution is 7.19. The molecule has 2 N–H and O–H groups in total. The monoisotopic (exact) mass is 303 g/mol. The summed E-state index contributed by atoms with van der Waals surface area (Å²) >= 11 is 8.09. The number of halogens is 1. The third-order valence-corrected chi connectivity index (χ3v) is 4.98. The van der Waals surface area contributed by atoms with Crippen LogP contribution in [0, 0.1) is 6.92 Å². The first-order valence-corrected chi connectivity index (χ1v) is 7.54. The minimum Gasteiger partial charge on any atom is -0.508 e. The van der Waals surface area contributed by atoms with Gasteiger partial charge in [-0.25, -0.2) is 0 Å². The number of anilines is 1. The van der Waals surface area contributed by atoms with Crippen molar-refractivity contribution < 1.29 is 5.11 Å². The van der Waals surface area contributed by atoms with Crippen LogP contribution in [-0.4, -0.2) is 5.11 Å². The van der Waals surface area contributed by atoms with Gasteiger partial charge in [0.1, 0.15) is 5.75 Å². The third kappa shape index (κ3) is 2.47. The lowest BCUT2D eigenvalue weighted by atomic mass is 10.2. The summed E-state index contributed by atoms with van der Waals surface area (Å²) in [6, 6.07) is 13.7. The molecule has 2 aromatic carbocycles. The molecule has 0 atom stereocenters. The van der Waals surface area contributed by atoms with E-state index in [1.807, 2.05) is 37.3 Å². The van der Waals surface area contributed by atoms with Gasteiger partial charge in [-0.3, -0.25) is 0 Å². The summed E-state index contributed by atoms with van der Waals surface area (Å²) in [6.45, 7) is 2.53. The zero-order chi connectivity index (χ0) is 14.1. The smallest absolute Gasteiger partial charge is 0.120 e. The lowest BCUT2D eigenvalue weighted by molar-refractivity contribution is 0.471. The van der Waals surface area contributed by atoms with Gasteiger partial charge in [0.05, 0.1) is 11.6 Å². The number of hydrogen-bond donors (Lipinski definition) is 2. The lowest BCUT2D eigenvalue weighted by Crippen LogP contribution is -1.97. The Morgan fingerprint density at radius 1 is 1.20 bits per heavy atom. The fourth-order valence-electron chi connectivity index (χ4n) is 2.08. The van der Waals surface area contributed by atoms with E-state index in [1.54, 1.807) is 17.4 Å². The quantitative estimate of drug-likeness (QED) is 0.698. The van der Waals surface area contributed by atoms with Crippen LogP contribution >= 0.6 is 22.9 Å². The first-order chi connectivity index (χ1) is 9.65. The molecule has 0 unspecified atom stereocenters. The summed E-state index contributed by atoms with van der Waals surface area (Å²) in [4.78, 5) is 1.10. The van der Waals surface area contributed by atoms with Crippen molar-refractivity contribution in [1.82, 2.24) is 0 Å². The maximum Gasteiger partial charge on any atom is 0.120 e. The summed E-state index contributed by atoms with van der Waals surface area (Å²) < 4.78 is 1.20. The molecule has 3 rings (SSSR count). The van der Waals surface area contributed by atoms with Crippen LogP contribution < -0.4 is 5.32 Å². The second kappa shape index (κ2) is 5.35. The van der Waals surface area contributed by atoms with Gasteiger partial charge in [-0.15, -0.1) is 11.3 Å². The molecule has 0 radical (unpaired) electrons. The summed E-state index contributed by atoms with van der Waals surface area (Å²) in [5, 5.41) is 14.9. The largest absolute Gasteiger partial charge is 0.508 e. The molecule has 0 saturated carbocycles. The number of rotatable bonds is 3. The van der Waals surface area contributed by atoms with E-state index in [9.17, 15) is 5.11 Å². The van der Waals surface area contributed by atoms with Crippen molar-refractivity contribution in [2.45, 2.75) is 13.5 Å². The first-order valence-electron chi connectivity index (χ1n) is 6.34. The minimum absolute atomic E-state index is 0.303. The number of thiophene rings is 1. The number of phenolic OH excluding ortho intramolecular Hbond substituents is 1. The van der Waals surface area contributed by atoms with Gasteiger partial charge in [-0.1, -0.05) is 35.9 Å². The number of phenols is 1. The van der Waals surface area contributed by atoms with Gasteiger partial charge in [-0.05, 0) is 24.6 Å². The standard InChI is InChI=1S/C16H14ClNOS/c1-10-6-7-11(8-13(10)19)18-9-15-16(17)12-4-2-3-5-14(12)20-15/h2-8,18-19H,9H2,1H3. The van der Waals surface area contributed by atoms with E-state index in [2.05, 4.69) is 11.4 Å². The molecule has 20 heavy (non-hydrogen) atoms. The molecule has 102 valence electrons. The number of fused-ring (bicyclic) bond motifs is 1. The highest BCUT2D eigenvalue weighted by atomic mass is 35.5. The van der Waals surface area contributed by atoms with Crippen LogP contribution in [0.2, 0.25) is 5.02 Å². The van der Waals surface area contributed by atoms with E-state index < -0.39 is 0 Å². The predicted octanol–water partition coefficient (Wildman–Crippen LogP) is 5.18. The Labute approximate surface area is 126 Å². The molecule has 0 aliphatic rings. The van der Waals surface area contributed by atoms with E-state index in [-0.39, 0.29) is 0 Å². The summed E-state index contributed by atoms with van der Waals surface area (Å²) in [5.74, 6) is 0.303. The zero-order valence-corrected chi connectivity index (χ0v) is 12.6. The Hall–Kier alpha value is -1.71. The molecule has 1 aromatic heterocycles. The Morgan fingerprint density at radius 2 is 2.00 bits per heavy atom. The number of nitrogens with one attached hydrogen (secondary N) is 1. The van der Waals surface area contributed by atoms with Gasteiger partial charge < -0.3 is 10.4 Å². The first kappa shape index (κ1) is 13.3. The normalized spacial score (nSPS) is 10.9. The maximum absolute atomic E-state index is 9.70. The average Bonchev–Trinajstić information content (AvgIpc) is 2.77. The molecule has 4 heteroatoms. The van der Waals surface area contributed by atoms with Gasteiger partial charge in [0, 0.05) is 26.7 Å². The van der Waals surface area contributed by atoms with Crippen LogP contribution in [0.15, 0.2) is 42.5 Å². The van der Waals surface area contributed by atoms with Crippen LogP contribution in [0.5, 0.6) is 5.75 Å². The van der Waals surface area contributed by atoms with Crippen LogP contribution in [0.1, 0.15) is 10.4 Å². The van der Waals surface area contributed by atoms with Gasteiger partial charge in [0.2, 0.25) is 0 Å². The van der Waals surface area contributed by atoms with E-state index >= 15 is 0 Å². The van der Waals surface area contributed by atoms with Crippen LogP contribution in [0.25, 0.3) is 10.1 Å². The van der Waals surface area contributed by atoms with Crippen molar-refractivity contribution >= 4 is 38.7 Å². The van der Waals surface area contributed by atoms with Crippen molar-refractivity contribution in [3.63, 3.8) is 0 Å². The minimum atomic E-state index is 0.303. The predicted molar refractivity (Wildman–Crippen MR) is 87.0 cm³/mol. The maximum atomic E-state index is 9.70. The van der Waals surface area contributed by atoms with Crippen LogP contribution in [0.4, 0.5) is 5.69 Å². The molecule has 1 heterocycles. The van der Waals surface area contributed by atoms with Crippen molar-refractivity contribution in [2.75, 3.05) is 5.32 Å². The molecule has 0 fully saturated rings. The second-order valence-corrected chi connectivity index (χ2v) is 6.20. The molecule has 0 amide bonds. The molecule has 0 aliphatic heterocycles. The summed E-state index contributed by atoms with van der Waals surface area (Å²) in [7, 11) is 0. The molecule has 3 aromatic rings. The van der Waals surface area contributed by atoms with Gasteiger partial charge in [0.25, 0.3) is 0 Å². The SMILES string of the molecule is Cc1ccc(NCc2sc3ccccc3c2Cl)cc1O. The fraction of sp³-hybridized carbons (Fsp3) is 0.125. The molecule has 2 nitrogen and oxygen atoms in total. The molecule has 0 spiro atoms. The van der Waals surface area contributed by atoms with Gasteiger partial charge >= 0.3 is 0 Å². The van der Waals surface area contributed by atoms with Crippen molar-refractivity contribution in [2.24, 2.45) is 0 Å². The molecule has 0 aliphatic carbocycles. The van der Waals surface area contributed by atoms with E-state index in [0.29, 0.717) is 12.3 Å². The highest BCUT2D eigenvalue weighted by Gasteiger charge is 2.09. The second-order valence-electron chi connectivity index (χ2n) is 4.69. The number of aryl methyl sites for hydroxylation is 1. The Morgan fingerprint density at radius 3 is 2.75 bits per heavy atom. The zero-order valence-electron chi connectivity index (χ0n) is 11.0. The van der Waals surface area contributed by atoms with Crippen molar-refractivity contribution in [3.8, 4) is 5.75 Å². The third-order valence-electron chi connectivity index (χ3n) is 3.26. The highest BCUT2D eigenvalue weighted by Crippen LogP contribution is 2.35. The van der Waals surface area contributed by atoms with E-state index in [1.165, 1.54) is 4.70 Å². The average molecular weight is 304 g/mol. The van der Waals surface area contributed by atoms with E-state index in [4.69, 9.17) is 11.6 Å². The fourth-order valence-corrected chi connectivity index (χ4v) is 3.52. The van der Waals surface area contributed by atoms with Crippen molar-refractivity contribution in [1.29, 1.82) is 0 Å². The van der Waals surface area contributed by atoms with Gasteiger partial charge in [-0.2, -0.15) is 0 Å². The molecule has 0 bridgehead atoms. The Bertz CT molecular complexity index is 766. The number of hydrogen-bond acceptors (Lipinski definition) is 3. The number of aromatic hydroxyl groups is 1. The molecular weight excluding hydrogens is 290 g/mol. The van der Waals surface area contributed by atoms with Crippen molar-refractivity contribution in [3.05, 3.63) is 57.9 Å². The Kier molecular flexibility index (Phi) is 3.55. The summed E-state index contributed by atoms with van der Waals surface area (Å²) in [5.41, 5.74) is 1.76. The molecule has 0 saturated heterocycles. The van der Waals surface area contributed by atoms with E-state index in [0.717, 1.165) is 26.5 Å². The van der Waals surface area contributed by atoms with Crippen LogP contribution in [-0.2, 0) is 6.54 Å². The molecular formula is C16H14ClNOS.